The van der Waals surface area contributed by atoms with E-state index in [-0.39, 0.29) is 0 Å². The zero-order valence-corrected chi connectivity index (χ0v) is 20.2. The van der Waals surface area contributed by atoms with Crippen LogP contribution >= 0.6 is 0 Å². The molecule has 1 aromatic heterocycles. The highest BCUT2D eigenvalue weighted by Crippen LogP contribution is 2.37. The summed E-state index contributed by atoms with van der Waals surface area (Å²) in [6, 6.07) is 18.1. The van der Waals surface area contributed by atoms with Crippen molar-refractivity contribution in [1.29, 1.82) is 0 Å². The molecule has 0 bridgehead atoms. The number of fused-ring (bicyclic) bond motifs is 1. The highest BCUT2D eigenvalue weighted by Gasteiger charge is 2.25. The summed E-state index contributed by atoms with van der Waals surface area (Å²) in [6.45, 7) is 7.39. The molecule has 0 amide bonds. The van der Waals surface area contributed by atoms with Crippen LogP contribution in [-0.4, -0.2) is 24.0 Å². The molecule has 0 saturated carbocycles. The van der Waals surface area contributed by atoms with E-state index in [1.54, 1.807) is 7.11 Å². The smallest absolute Gasteiger partial charge is 0.127 e. The van der Waals surface area contributed by atoms with Crippen molar-refractivity contribution in [3.05, 3.63) is 82.0 Å². The Bertz CT molecular complexity index is 1070. The van der Waals surface area contributed by atoms with Crippen molar-refractivity contribution in [2.45, 2.75) is 65.5 Å². The zero-order valence-electron chi connectivity index (χ0n) is 20.2. The Morgan fingerprint density at radius 3 is 2.44 bits per heavy atom. The number of aryl methyl sites for hydroxylation is 4. The molecule has 3 heteroatoms. The van der Waals surface area contributed by atoms with Gasteiger partial charge in [-0.15, -0.1) is 0 Å². The molecule has 3 nitrogen and oxygen atoms in total. The number of benzene rings is 2. The fourth-order valence-corrected chi connectivity index (χ4v) is 5.29. The molecule has 0 fully saturated rings. The van der Waals surface area contributed by atoms with Crippen molar-refractivity contribution in [3.63, 3.8) is 0 Å². The van der Waals surface area contributed by atoms with Gasteiger partial charge in [-0.2, -0.15) is 0 Å². The first-order valence-corrected chi connectivity index (χ1v) is 12.0. The molecule has 0 radical (unpaired) electrons. The number of methoxy groups -OCH3 is 1. The Balaban J connectivity index is 1.69. The molecule has 1 aliphatic carbocycles. The van der Waals surface area contributed by atoms with Gasteiger partial charge in [0.2, 0.25) is 0 Å². The lowest BCUT2D eigenvalue weighted by Gasteiger charge is -2.34. The number of pyridine rings is 1. The molecule has 2 aromatic carbocycles. The normalized spacial score (nSPS) is 15.6. The van der Waals surface area contributed by atoms with E-state index in [1.165, 1.54) is 52.6 Å². The topological polar surface area (TPSA) is 25.4 Å². The van der Waals surface area contributed by atoms with Crippen LogP contribution in [0.25, 0.3) is 11.3 Å². The SMILES string of the molecule is CCc1cccc(CC)c1-c1cc(OC)c(CN(C)[C@H]2CCCc3ccccc32)c(C)n1. The van der Waals surface area contributed by atoms with E-state index in [4.69, 9.17) is 9.72 Å². The predicted octanol–water partition coefficient (Wildman–Crippen LogP) is 6.70. The van der Waals surface area contributed by atoms with Gasteiger partial charge in [0.05, 0.1) is 12.8 Å². The summed E-state index contributed by atoms with van der Waals surface area (Å²) in [4.78, 5) is 7.58. The van der Waals surface area contributed by atoms with E-state index < -0.39 is 0 Å². The molecular weight excluding hydrogens is 392 g/mol. The summed E-state index contributed by atoms with van der Waals surface area (Å²) in [5.41, 5.74) is 10.2. The summed E-state index contributed by atoms with van der Waals surface area (Å²) < 4.78 is 5.93. The Morgan fingerprint density at radius 1 is 1.03 bits per heavy atom. The molecule has 1 heterocycles. The minimum atomic E-state index is 0.441. The second-order valence-electron chi connectivity index (χ2n) is 8.95. The van der Waals surface area contributed by atoms with Gasteiger partial charge < -0.3 is 4.74 Å². The molecule has 1 atom stereocenters. The monoisotopic (exact) mass is 428 g/mol. The third-order valence-corrected chi connectivity index (χ3v) is 7.04. The van der Waals surface area contributed by atoms with Crippen molar-refractivity contribution in [2.75, 3.05) is 14.2 Å². The number of ether oxygens (including phenoxy) is 1. The van der Waals surface area contributed by atoms with E-state index in [0.29, 0.717) is 6.04 Å². The molecule has 4 rings (SSSR count). The van der Waals surface area contributed by atoms with E-state index in [1.807, 2.05) is 0 Å². The van der Waals surface area contributed by atoms with E-state index in [0.717, 1.165) is 36.5 Å². The molecule has 168 valence electrons. The van der Waals surface area contributed by atoms with Gasteiger partial charge in [0.1, 0.15) is 5.75 Å². The molecule has 0 N–H and O–H groups in total. The lowest BCUT2D eigenvalue weighted by molar-refractivity contribution is 0.210. The van der Waals surface area contributed by atoms with Crippen molar-refractivity contribution in [1.82, 2.24) is 9.88 Å². The van der Waals surface area contributed by atoms with Crippen LogP contribution in [0.1, 0.15) is 66.2 Å². The Labute approximate surface area is 193 Å². The minimum Gasteiger partial charge on any atom is -0.496 e. The van der Waals surface area contributed by atoms with E-state index in [2.05, 4.69) is 81.2 Å². The first kappa shape index (κ1) is 22.5. The summed E-state index contributed by atoms with van der Waals surface area (Å²) in [7, 11) is 4.02. The number of hydrogen-bond donors (Lipinski definition) is 0. The quantitative estimate of drug-likeness (QED) is 0.419. The Kier molecular flexibility index (Phi) is 6.95. The first-order valence-electron chi connectivity index (χ1n) is 12.0. The summed E-state index contributed by atoms with van der Waals surface area (Å²) in [5.74, 6) is 0.941. The molecular formula is C29H36N2O. The maximum Gasteiger partial charge on any atom is 0.127 e. The molecule has 0 saturated heterocycles. The van der Waals surface area contributed by atoms with Crippen LogP contribution < -0.4 is 4.74 Å². The number of aromatic nitrogens is 1. The fraction of sp³-hybridized carbons (Fsp3) is 0.414. The van der Waals surface area contributed by atoms with Crippen LogP contribution in [0.4, 0.5) is 0 Å². The molecule has 32 heavy (non-hydrogen) atoms. The lowest BCUT2D eigenvalue weighted by Crippen LogP contribution is -2.28. The Hall–Kier alpha value is -2.65. The van der Waals surface area contributed by atoms with Gasteiger partial charge in [0.25, 0.3) is 0 Å². The van der Waals surface area contributed by atoms with Gasteiger partial charge in [-0.1, -0.05) is 56.3 Å². The average molecular weight is 429 g/mol. The van der Waals surface area contributed by atoms with Crippen LogP contribution in [0.5, 0.6) is 5.75 Å². The minimum absolute atomic E-state index is 0.441. The third kappa shape index (κ3) is 4.31. The molecule has 0 aliphatic heterocycles. The lowest BCUT2D eigenvalue weighted by atomic mass is 9.87. The highest BCUT2D eigenvalue weighted by atomic mass is 16.5. The third-order valence-electron chi connectivity index (χ3n) is 7.04. The number of hydrogen-bond acceptors (Lipinski definition) is 3. The van der Waals surface area contributed by atoms with Crippen LogP contribution in [-0.2, 0) is 25.8 Å². The van der Waals surface area contributed by atoms with Crippen molar-refractivity contribution >= 4 is 0 Å². The highest BCUT2D eigenvalue weighted by molar-refractivity contribution is 5.70. The summed E-state index contributed by atoms with van der Waals surface area (Å²) in [6.07, 6.45) is 5.63. The molecule has 0 unspecified atom stereocenters. The predicted molar refractivity (Wildman–Crippen MR) is 133 cm³/mol. The van der Waals surface area contributed by atoms with Crippen LogP contribution in [0, 0.1) is 6.92 Å². The molecule has 1 aliphatic rings. The number of rotatable bonds is 7. The van der Waals surface area contributed by atoms with Crippen molar-refractivity contribution in [3.8, 4) is 17.0 Å². The summed E-state index contributed by atoms with van der Waals surface area (Å²) >= 11 is 0. The largest absolute Gasteiger partial charge is 0.496 e. The van der Waals surface area contributed by atoms with Gasteiger partial charge in [-0.3, -0.25) is 9.88 Å². The van der Waals surface area contributed by atoms with Gasteiger partial charge in [-0.25, -0.2) is 0 Å². The maximum absolute atomic E-state index is 5.93. The zero-order chi connectivity index (χ0) is 22.7. The van der Waals surface area contributed by atoms with E-state index >= 15 is 0 Å². The van der Waals surface area contributed by atoms with Gasteiger partial charge in [0.15, 0.2) is 0 Å². The standard InChI is InChI=1S/C29H36N2O/c1-6-21-13-10-14-22(7-2)29(21)26-18-28(32-5)25(20(3)30-26)19-31(4)27-17-11-15-23-12-8-9-16-24(23)27/h8-10,12-14,16,18,27H,6-7,11,15,17,19H2,1-5H3/t27-/m0/s1. The number of nitrogens with zero attached hydrogens (tertiary/aromatic N) is 2. The fourth-order valence-electron chi connectivity index (χ4n) is 5.29. The second-order valence-corrected chi connectivity index (χ2v) is 8.95. The van der Waals surface area contributed by atoms with Crippen LogP contribution in [0.15, 0.2) is 48.5 Å². The van der Waals surface area contributed by atoms with Crippen molar-refractivity contribution < 1.29 is 4.74 Å². The van der Waals surface area contributed by atoms with Crippen LogP contribution in [0.2, 0.25) is 0 Å². The van der Waals surface area contributed by atoms with E-state index in [9.17, 15) is 0 Å². The van der Waals surface area contributed by atoms with Gasteiger partial charge >= 0.3 is 0 Å². The average Bonchev–Trinajstić information content (AvgIpc) is 2.83. The van der Waals surface area contributed by atoms with Crippen LogP contribution in [0.3, 0.4) is 0 Å². The molecule has 3 aromatic rings. The summed E-state index contributed by atoms with van der Waals surface area (Å²) in [5, 5.41) is 0. The van der Waals surface area contributed by atoms with Crippen molar-refractivity contribution in [2.24, 2.45) is 0 Å². The maximum atomic E-state index is 5.93. The molecule has 0 spiro atoms. The Morgan fingerprint density at radius 2 is 1.75 bits per heavy atom. The second kappa shape index (κ2) is 9.87. The first-order chi connectivity index (χ1) is 15.6. The van der Waals surface area contributed by atoms with Gasteiger partial charge in [-0.05, 0) is 68.3 Å². The van der Waals surface area contributed by atoms with Gasteiger partial charge in [0, 0.05) is 35.5 Å².